The van der Waals surface area contributed by atoms with Gasteiger partial charge in [0.25, 0.3) is 0 Å². The Bertz CT molecular complexity index is 276. The van der Waals surface area contributed by atoms with Crippen LogP contribution in [0.2, 0.25) is 0 Å². The third kappa shape index (κ3) is 2.19. The van der Waals surface area contributed by atoms with Crippen LogP contribution in [0.1, 0.15) is 37.2 Å². The molecule has 0 saturated carbocycles. The van der Waals surface area contributed by atoms with Gasteiger partial charge in [0.05, 0.1) is 0 Å². The van der Waals surface area contributed by atoms with Crippen LogP contribution in [0.5, 0.6) is 0 Å². The van der Waals surface area contributed by atoms with Crippen molar-refractivity contribution in [1.82, 2.24) is 4.98 Å². The van der Waals surface area contributed by atoms with Crippen LogP contribution in [0.25, 0.3) is 0 Å². The molecule has 1 aromatic heterocycles. The quantitative estimate of drug-likeness (QED) is 0.647. The van der Waals surface area contributed by atoms with Gasteiger partial charge in [0.15, 0.2) is 11.7 Å². The fourth-order valence-corrected chi connectivity index (χ4v) is 0.916. The smallest absolute Gasteiger partial charge is 0.194 e. The molecule has 0 spiro atoms. The number of hydrogen-bond donors (Lipinski definition) is 0. The number of rotatable bonds is 3. The Morgan fingerprint density at radius 2 is 2.33 bits per heavy atom. The summed E-state index contributed by atoms with van der Waals surface area (Å²) >= 11 is 0. The third-order valence-corrected chi connectivity index (χ3v) is 1.50. The molecule has 0 radical (unpaired) electrons. The van der Waals surface area contributed by atoms with E-state index in [0.29, 0.717) is 17.5 Å². The lowest BCUT2D eigenvalue weighted by molar-refractivity contribution is 0.101. The van der Waals surface area contributed by atoms with Gasteiger partial charge < -0.3 is 4.42 Å². The van der Waals surface area contributed by atoms with Gasteiger partial charge in [-0.3, -0.25) is 4.79 Å². The van der Waals surface area contributed by atoms with Crippen LogP contribution in [0.15, 0.2) is 10.7 Å². The number of Topliss-reactive ketones (excluding diaryl/α,β-unsaturated/α-hetero) is 1. The predicted molar refractivity (Wildman–Crippen MR) is 45.0 cm³/mol. The average molecular weight is 167 g/mol. The molecule has 1 heterocycles. The van der Waals surface area contributed by atoms with E-state index in [1.165, 1.54) is 13.2 Å². The summed E-state index contributed by atoms with van der Waals surface area (Å²) in [6.45, 7) is 5.65. The van der Waals surface area contributed by atoms with Crippen LogP contribution in [-0.4, -0.2) is 10.8 Å². The number of nitrogens with zero attached hydrogens (tertiary/aromatic N) is 1. The van der Waals surface area contributed by atoms with Gasteiger partial charge in [0.2, 0.25) is 0 Å². The van der Waals surface area contributed by atoms with Crippen molar-refractivity contribution in [3.05, 3.63) is 17.8 Å². The summed E-state index contributed by atoms with van der Waals surface area (Å²) < 4.78 is 5.10. The molecule has 66 valence electrons. The van der Waals surface area contributed by atoms with Gasteiger partial charge in [0, 0.05) is 13.3 Å². The SMILES string of the molecule is CC(=O)c1coc(CC(C)C)n1. The highest BCUT2D eigenvalue weighted by Gasteiger charge is 2.08. The van der Waals surface area contributed by atoms with Gasteiger partial charge in [-0.25, -0.2) is 4.98 Å². The maximum absolute atomic E-state index is 10.8. The maximum atomic E-state index is 10.8. The van der Waals surface area contributed by atoms with Crippen LogP contribution >= 0.6 is 0 Å². The molecule has 0 unspecified atom stereocenters. The fraction of sp³-hybridized carbons (Fsp3) is 0.556. The predicted octanol–water partition coefficient (Wildman–Crippen LogP) is 2.08. The Kier molecular flexibility index (Phi) is 2.63. The Balaban J connectivity index is 2.71. The minimum atomic E-state index is -0.0474. The van der Waals surface area contributed by atoms with Crippen molar-refractivity contribution in [3.8, 4) is 0 Å². The monoisotopic (exact) mass is 167 g/mol. The zero-order valence-electron chi connectivity index (χ0n) is 7.63. The number of hydrogen-bond acceptors (Lipinski definition) is 3. The van der Waals surface area contributed by atoms with E-state index < -0.39 is 0 Å². The van der Waals surface area contributed by atoms with E-state index in [1.54, 1.807) is 0 Å². The molecular formula is C9H13NO2. The lowest BCUT2D eigenvalue weighted by Crippen LogP contribution is -1.96. The zero-order valence-corrected chi connectivity index (χ0v) is 7.63. The summed E-state index contributed by atoms with van der Waals surface area (Å²) in [7, 11) is 0. The first kappa shape index (κ1) is 8.97. The highest BCUT2D eigenvalue weighted by atomic mass is 16.3. The zero-order chi connectivity index (χ0) is 9.14. The van der Waals surface area contributed by atoms with E-state index in [-0.39, 0.29) is 5.78 Å². The molecular weight excluding hydrogens is 154 g/mol. The normalized spacial score (nSPS) is 10.7. The standard InChI is InChI=1S/C9H13NO2/c1-6(2)4-9-10-8(5-12-9)7(3)11/h5-6H,4H2,1-3H3. The van der Waals surface area contributed by atoms with Crippen molar-refractivity contribution < 1.29 is 9.21 Å². The molecule has 3 nitrogen and oxygen atoms in total. The Hall–Kier alpha value is -1.12. The Labute approximate surface area is 71.8 Å². The molecule has 0 amide bonds. The van der Waals surface area contributed by atoms with Crippen LogP contribution in [0, 0.1) is 5.92 Å². The van der Waals surface area contributed by atoms with E-state index in [2.05, 4.69) is 18.8 Å². The minimum Gasteiger partial charge on any atom is -0.448 e. The van der Waals surface area contributed by atoms with Crippen molar-refractivity contribution >= 4 is 5.78 Å². The molecule has 0 bridgehead atoms. The topological polar surface area (TPSA) is 43.1 Å². The van der Waals surface area contributed by atoms with Gasteiger partial charge in [-0.1, -0.05) is 13.8 Å². The van der Waals surface area contributed by atoms with Gasteiger partial charge in [-0.15, -0.1) is 0 Å². The number of oxazole rings is 1. The molecule has 0 N–H and O–H groups in total. The molecule has 0 aromatic carbocycles. The van der Waals surface area contributed by atoms with E-state index in [4.69, 9.17) is 4.42 Å². The van der Waals surface area contributed by atoms with E-state index in [1.807, 2.05) is 0 Å². The second kappa shape index (κ2) is 3.52. The lowest BCUT2D eigenvalue weighted by Gasteiger charge is -1.96. The van der Waals surface area contributed by atoms with Crippen molar-refractivity contribution in [3.63, 3.8) is 0 Å². The van der Waals surface area contributed by atoms with E-state index in [9.17, 15) is 4.79 Å². The van der Waals surface area contributed by atoms with Gasteiger partial charge in [0.1, 0.15) is 12.0 Å². The van der Waals surface area contributed by atoms with Gasteiger partial charge >= 0.3 is 0 Å². The molecule has 0 aliphatic rings. The lowest BCUT2D eigenvalue weighted by atomic mass is 10.1. The van der Waals surface area contributed by atoms with Crippen molar-refractivity contribution in [2.45, 2.75) is 27.2 Å². The molecule has 0 aliphatic heterocycles. The van der Waals surface area contributed by atoms with E-state index in [0.717, 1.165) is 6.42 Å². The molecule has 1 aromatic rings. The van der Waals surface area contributed by atoms with E-state index >= 15 is 0 Å². The average Bonchev–Trinajstić information content (AvgIpc) is 2.34. The first-order chi connectivity index (χ1) is 5.59. The summed E-state index contributed by atoms with van der Waals surface area (Å²) in [6.07, 6.45) is 2.20. The number of aromatic nitrogens is 1. The summed E-state index contributed by atoms with van der Waals surface area (Å²) in [4.78, 5) is 14.9. The first-order valence-corrected chi connectivity index (χ1v) is 4.05. The maximum Gasteiger partial charge on any atom is 0.194 e. The number of carbonyl (C=O) groups excluding carboxylic acids is 1. The molecule has 12 heavy (non-hydrogen) atoms. The molecule has 0 saturated heterocycles. The highest BCUT2D eigenvalue weighted by Crippen LogP contribution is 2.08. The van der Waals surface area contributed by atoms with Crippen LogP contribution in [0.3, 0.4) is 0 Å². The van der Waals surface area contributed by atoms with Crippen LogP contribution < -0.4 is 0 Å². The van der Waals surface area contributed by atoms with Crippen molar-refractivity contribution in [2.24, 2.45) is 5.92 Å². The van der Waals surface area contributed by atoms with Crippen LogP contribution in [-0.2, 0) is 6.42 Å². The highest BCUT2D eigenvalue weighted by molar-refractivity contribution is 5.91. The van der Waals surface area contributed by atoms with Crippen LogP contribution in [0.4, 0.5) is 0 Å². The Morgan fingerprint density at radius 1 is 1.67 bits per heavy atom. The summed E-state index contributed by atoms with van der Waals surface area (Å²) in [6, 6.07) is 0. The second-order valence-electron chi connectivity index (χ2n) is 3.28. The molecule has 0 fully saturated rings. The molecule has 1 rings (SSSR count). The number of ketones is 1. The van der Waals surface area contributed by atoms with Gasteiger partial charge in [-0.2, -0.15) is 0 Å². The Morgan fingerprint density at radius 3 is 2.75 bits per heavy atom. The molecule has 3 heteroatoms. The molecule has 0 aliphatic carbocycles. The van der Waals surface area contributed by atoms with Gasteiger partial charge in [-0.05, 0) is 5.92 Å². The minimum absolute atomic E-state index is 0.0474. The summed E-state index contributed by atoms with van der Waals surface area (Å²) in [5.41, 5.74) is 0.422. The second-order valence-corrected chi connectivity index (χ2v) is 3.28. The number of carbonyl (C=O) groups is 1. The third-order valence-electron chi connectivity index (χ3n) is 1.50. The first-order valence-electron chi connectivity index (χ1n) is 4.05. The largest absolute Gasteiger partial charge is 0.448 e. The van der Waals surface area contributed by atoms with Crippen molar-refractivity contribution in [2.75, 3.05) is 0 Å². The summed E-state index contributed by atoms with van der Waals surface area (Å²) in [5.74, 6) is 1.10. The summed E-state index contributed by atoms with van der Waals surface area (Å²) in [5, 5.41) is 0. The molecule has 0 atom stereocenters. The fourth-order valence-electron chi connectivity index (χ4n) is 0.916. The van der Waals surface area contributed by atoms with Crippen molar-refractivity contribution in [1.29, 1.82) is 0 Å².